The van der Waals surface area contributed by atoms with E-state index in [0.717, 1.165) is 0 Å². The Morgan fingerprint density at radius 1 is 1.67 bits per heavy atom. The van der Waals surface area contributed by atoms with Crippen molar-refractivity contribution in [3.05, 3.63) is 0 Å². The largest absolute Gasteiger partial charge is 0.388 e. The number of methoxy groups -OCH3 is 1. The molecule has 3 heteroatoms. The Balaban J connectivity index is 3.97. The molecule has 0 aliphatic heterocycles. The third-order valence-corrected chi connectivity index (χ3v) is 1.33. The van der Waals surface area contributed by atoms with Crippen LogP contribution in [0.3, 0.4) is 0 Å². The van der Waals surface area contributed by atoms with Crippen LogP contribution in [0.25, 0.3) is 0 Å². The van der Waals surface area contributed by atoms with Crippen LogP contribution in [0.1, 0.15) is 13.8 Å². The Morgan fingerprint density at radius 2 is 2.11 bits per heavy atom. The number of hydrogen-bond donors (Lipinski definition) is 1. The van der Waals surface area contributed by atoms with Gasteiger partial charge in [-0.15, -0.1) is 0 Å². The van der Waals surface area contributed by atoms with Gasteiger partial charge in [0.25, 0.3) is 0 Å². The minimum atomic E-state index is -0.839. The first-order valence-corrected chi connectivity index (χ1v) is 2.74. The van der Waals surface area contributed by atoms with Crippen molar-refractivity contribution in [2.45, 2.75) is 19.4 Å². The van der Waals surface area contributed by atoms with Crippen molar-refractivity contribution in [2.75, 3.05) is 13.7 Å². The van der Waals surface area contributed by atoms with E-state index in [-0.39, 0.29) is 5.78 Å². The van der Waals surface area contributed by atoms with Gasteiger partial charge in [0.15, 0.2) is 5.78 Å². The molecule has 0 amide bonds. The van der Waals surface area contributed by atoms with E-state index in [1.165, 1.54) is 7.11 Å². The molecular formula is C6H12O3. The Morgan fingerprint density at radius 3 is 2.22 bits per heavy atom. The van der Waals surface area contributed by atoms with E-state index in [1.54, 1.807) is 13.8 Å². The van der Waals surface area contributed by atoms with Gasteiger partial charge in [0.2, 0.25) is 0 Å². The first-order valence-electron chi connectivity index (χ1n) is 2.74. The summed E-state index contributed by atoms with van der Waals surface area (Å²) in [5, 5.41) is 8.37. The van der Waals surface area contributed by atoms with Gasteiger partial charge in [-0.05, 0) is 13.8 Å². The molecule has 0 bridgehead atoms. The zero-order valence-electron chi connectivity index (χ0n) is 5.97. The number of aliphatic hydroxyl groups is 1. The highest BCUT2D eigenvalue weighted by Crippen LogP contribution is 2.07. The van der Waals surface area contributed by atoms with Crippen molar-refractivity contribution < 1.29 is 14.6 Å². The molecule has 0 saturated heterocycles. The van der Waals surface area contributed by atoms with Crippen LogP contribution in [0.15, 0.2) is 0 Å². The summed E-state index contributed by atoms with van der Waals surface area (Å²) in [5.74, 6) is -0.301. The molecule has 0 aromatic carbocycles. The van der Waals surface area contributed by atoms with Crippen LogP contribution in [0.4, 0.5) is 0 Å². The molecule has 0 aliphatic carbocycles. The van der Waals surface area contributed by atoms with Crippen LogP contribution in [0, 0.1) is 0 Å². The lowest BCUT2D eigenvalue weighted by atomic mass is 10.1. The minimum Gasteiger partial charge on any atom is -0.388 e. The summed E-state index contributed by atoms with van der Waals surface area (Å²) in [7, 11) is 1.44. The highest BCUT2D eigenvalue weighted by molar-refractivity contribution is 5.87. The molecule has 0 unspecified atom stereocenters. The number of Topliss-reactive ketones (excluding diaryl/α,β-unsaturated/α-hetero) is 1. The summed E-state index contributed by atoms with van der Waals surface area (Å²) in [6, 6.07) is 0. The molecule has 54 valence electrons. The quantitative estimate of drug-likeness (QED) is 0.586. The van der Waals surface area contributed by atoms with Crippen molar-refractivity contribution in [1.82, 2.24) is 0 Å². The lowest BCUT2D eigenvalue weighted by Gasteiger charge is -2.19. The predicted molar refractivity (Wildman–Crippen MR) is 33.2 cm³/mol. The summed E-state index contributed by atoms with van der Waals surface area (Å²) in [6.45, 7) is 2.78. The van der Waals surface area contributed by atoms with Crippen LogP contribution < -0.4 is 0 Å². The molecule has 0 spiro atoms. The molecule has 0 aromatic heterocycles. The standard InChI is InChI=1S/C6H12O3/c1-6(2,9-3)5(8)4-7/h7H,4H2,1-3H3. The topological polar surface area (TPSA) is 46.5 Å². The second-order valence-electron chi connectivity index (χ2n) is 2.30. The zero-order valence-corrected chi connectivity index (χ0v) is 5.97. The summed E-state index contributed by atoms with van der Waals surface area (Å²) in [6.07, 6.45) is 0. The van der Waals surface area contributed by atoms with E-state index in [4.69, 9.17) is 9.84 Å². The van der Waals surface area contributed by atoms with Gasteiger partial charge >= 0.3 is 0 Å². The van der Waals surface area contributed by atoms with Gasteiger partial charge < -0.3 is 9.84 Å². The van der Waals surface area contributed by atoms with Crippen LogP contribution in [-0.2, 0) is 9.53 Å². The molecule has 0 rings (SSSR count). The highest BCUT2D eigenvalue weighted by Gasteiger charge is 2.25. The SMILES string of the molecule is COC(C)(C)C(=O)CO. The Labute approximate surface area is 54.6 Å². The monoisotopic (exact) mass is 132 g/mol. The molecule has 1 N–H and O–H groups in total. The van der Waals surface area contributed by atoms with Crippen LogP contribution in [0.2, 0.25) is 0 Å². The van der Waals surface area contributed by atoms with Gasteiger partial charge in [-0.25, -0.2) is 0 Å². The van der Waals surface area contributed by atoms with Crippen LogP contribution >= 0.6 is 0 Å². The van der Waals surface area contributed by atoms with Crippen LogP contribution in [0.5, 0.6) is 0 Å². The third kappa shape index (κ3) is 2.11. The summed E-state index contributed by atoms with van der Waals surface area (Å²) in [5.41, 5.74) is -0.839. The van der Waals surface area contributed by atoms with Crippen molar-refractivity contribution in [3.8, 4) is 0 Å². The van der Waals surface area contributed by atoms with Gasteiger partial charge in [0.05, 0.1) is 0 Å². The summed E-state index contributed by atoms with van der Waals surface area (Å²) in [4.78, 5) is 10.7. The number of rotatable bonds is 3. The zero-order chi connectivity index (χ0) is 7.49. The van der Waals surface area contributed by atoms with Gasteiger partial charge in [-0.1, -0.05) is 0 Å². The highest BCUT2D eigenvalue weighted by atomic mass is 16.5. The molecule has 9 heavy (non-hydrogen) atoms. The second kappa shape index (κ2) is 2.94. The lowest BCUT2D eigenvalue weighted by molar-refractivity contribution is -0.140. The number of carbonyl (C=O) groups is 1. The maximum atomic E-state index is 10.7. The number of hydrogen-bond acceptors (Lipinski definition) is 3. The normalized spacial score (nSPS) is 11.6. The van der Waals surface area contributed by atoms with Crippen molar-refractivity contribution in [3.63, 3.8) is 0 Å². The van der Waals surface area contributed by atoms with Crippen molar-refractivity contribution in [2.24, 2.45) is 0 Å². The fourth-order valence-corrected chi connectivity index (χ4v) is 0.304. The predicted octanol–water partition coefficient (Wildman–Crippen LogP) is -0.0272. The van der Waals surface area contributed by atoms with E-state index in [2.05, 4.69) is 0 Å². The van der Waals surface area contributed by atoms with Gasteiger partial charge in [-0.3, -0.25) is 4.79 Å². The number of ether oxygens (including phenoxy) is 1. The lowest BCUT2D eigenvalue weighted by Crippen LogP contribution is -2.35. The maximum Gasteiger partial charge on any atom is 0.189 e. The third-order valence-electron chi connectivity index (χ3n) is 1.33. The van der Waals surface area contributed by atoms with Crippen LogP contribution in [-0.4, -0.2) is 30.2 Å². The number of carbonyl (C=O) groups excluding carboxylic acids is 1. The molecule has 0 fully saturated rings. The first-order chi connectivity index (χ1) is 4.04. The maximum absolute atomic E-state index is 10.7. The minimum absolute atomic E-state index is 0.301. The molecule has 0 aliphatic rings. The van der Waals surface area contributed by atoms with Gasteiger partial charge in [-0.2, -0.15) is 0 Å². The average molecular weight is 132 g/mol. The average Bonchev–Trinajstić information content (AvgIpc) is 1.86. The van der Waals surface area contributed by atoms with Gasteiger partial charge in [0, 0.05) is 7.11 Å². The number of aliphatic hydroxyl groups excluding tert-OH is 1. The number of ketones is 1. The Hall–Kier alpha value is -0.410. The molecule has 3 nitrogen and oxygen atoms in total. The molecule has 0 atom stereocenters. The molecule has 0 heterocycles. The Bertz CT molecular complexity index is 107. The Kier molecular flexibility index (Phi) is 2.81. The summed E-state index contributed by atoms with van der Waals surface area (Å²) >= 11 is 0. The molecule has 0 radical (unpaired) electrons. The second-order valence-corrected chi connectivity index (χ2v) is 2.30. The van der Waals surface area contributed by atoms with Gasteiger partial charge in [0.1, 0.15) is 12.2 Å². The fourth-order valence-electron chi connectivity index (χ4n) is 0.304. The molecule has 0 saturated carbocycles. The van der Waals surface area contributed by atoms with E-state index in [9.17, 15) is 4.79 Å². The fraction of sp³-hybridized carbons (Fsp3) is 0.833. The molecular weight excluding hydrogens is 120 g/mol. The first kappa shape index (κ1) is 8.59. The van der Waals surface area contributed by atoms with E-state index in [1.807, 2.05) is 0 Å². The molecule has 0 aromatic rings. The van der Waals surface area contributed by atoms with E-state index >= 15 is 0 Å². The van der Waals surface area contributed by atoms with E-state index < -0.39 is 12.2 Å². The summed E-state index contributed by atoms with van der Waals surface area (Å²) < 4.78 is 4.78. The van der Waals surface area contributed by atoms with Crippen molar-refractivity contribution in [1.29, 1.82) is 0 Å². The smallest absolute Gasteiger partial charge is 0.189 e. The van der Waals surface area contributed by atoms with E-state index in [0.29, 0.717) is 0 Å². The van der Waals surface area contributed by atoms with Crippen molar-refractivity contribution >= 4 is 5.78 Å².